The number of aromatic hydroxyl groups is 2. The van der Waals surface area contributed by atoms with Gasteiger partial charge in [-0.1, -0.05) is 0 Å². The molecule has 2 aromatic rings. The molecule has 0 aliphatic heterocycles. The molecule has 0 atom stereocenters. The van der Waals surface area contributed by atoms with Crippen LogP contribution in [0.25, 0.3) is 0 Å². The zero-order valence-corrected chi connectivity index (χ0v) is 12.5. The van der Waals surface area contributed by atoms with Crippen molar-refractivity contribution in [2.75, 3.05) is 5.32 Å². The fourth-order valence-electron chi connectivity index (χ4n) is 1.70. The van der Waals surface area contributed by atoms with Gasteiger partial charge in [0, 0.05) is 23.4 Å². The Morgan fingerprint density at radius 3 is 2.40 bits per heavy atom. The molecular formula is C15H12N4O6. The molecule has 10 heteroatoms. The van der Waals surface area contributed by atoms with Crippen molar-refractivity contribution in [3.05, 3.63) is 58.1 Å². The van der Waals surface area contributed by atoms with E-state index in [9.17, 15) is 24.8 Å². The molecule has 0 aliphatic carbocycles. The van der Waals surface area contributed by atoms with Crippen LogP contribution >= 0.6 is 0 Å². The van der Waals surface area contributed by atoms with E-state index in [0.717, 1.165) is 24.4 Å². The third-order valence-electron chi connectivity index (χ3n) is 2.92. The molecule has 0 bridgehead atoms. The first-order valence-electron chi connectivity index (χ1n) is 6.77. The first-order chi connectivity index (χ1) is 11.9. The van der Waals surface area contributed by atoms with Gasteiger partial charge in [0.1, 0.15) is 11.5 Å². The second-order valence-electron chi connectivity index (χ2n) is 4.70. The molecule has 128 valence electrons. The van der Waals surface area contributed by atoms with Gasteiger partial charge >= 0.3 is 11.8 Å². The van der Waals surface area contributed by atoms with Crippen molar-refractivity contribution in [1.29, 1.82) is 0 Å². The number of non-ortho nitro benzene ring substituents is 1. The molecule has 0 saturated carbocycles. The molecule has 2 rings (SSSR count). The first kappa shape index (κ1) is 17.4. The maximum Gasteiger partial charge on any atom is 0.329 e. The summed E-state index contributed by atoms with van der Waals surface area (Å²) in [4.78, 5) is 33.3. The van der Waals surface area contributed by atoms with Crippen LogP contribution in [0.1, 0.15) is 5.56 Å². The number of hydrogen-bond acceptors (Lipinski definition) is 7. The monoisotopic (exact) mass is 344 g/mol. The van der Waals surface area contributed by atoms with Gasteiger partial charge in [0.25, 0.3) is 5.69 Å². The minimum absolute atomic E-state index is 0.00353. The number of rotatable bonds is 4. The quantitative estimate of drug-likeness (QED) is 0.214. The van der Waals surface area contributed by atoms with Crippen LogP contribution in [0.3, 0.4) is 0 Å². The van der Waals surface area contributed by atoms with Crippen molar-refractivity contribution in [3.63, 3.8) is 0 Å². The second-order valence-corrected chi connectivity index (χ2v) is 4.70. The predicted octanol–water partition coefficient (Wildman–Crippen LogP) is 1.09. The largest absolute Gasteiger partial charge is 0.508 e. The minimum atomic E-state index is -1.09. The number of benzene rings is 2. The summed E-state index contributed by atoms with van der Waals surface area (Å²) in [6, 6.07) is 8.72. The van der Waals surface area contributed by atoms with Gasteiger partial charge in [-0.3, -0.25) is 19.7 Å². The fourth-order valence-corrected chi connectivity index (χ4v) is 1.70. The van der Waals surface area contributed by atoms with Crippen molar-refractivity contribution in [2.24, 2.45) is 5.10 Å². The summed E-state index contributed by atoms with van der Waals surface area (Å²) in [6.07, 6.45) is 0.966. The molecule has 2 amide bonds. The molecule has 10 nitrogen and oxygen atoms in total. The minimum Gasteiger partial charge on any atom is -0.508 e. The number of nitrogens with one attached hydrogen (secondary N) is 2. The van der Waals surface area contributed by atoms with E-state index in [4.69, 9.17) is 5.11 Å². The van der Waals surface area contributed by atoms with E-state index in [-0.39, 0.29) is 22.7 Å². The Balaban J connectivity index is 1.98. The van der Waals surface area contributed by atoms with Crippen LogP contribution in [0, 0.1) is 10.1 Å². The number of nitrogens with zero attached hydrogens (tertiary/aromatic N) is 2. The Labute approximate surface area is 140 Å². The molecule has 25 heavy (non-hydrogen) atoms. The molecule has 4 N–H and O–H groups in total. The Hall–Kier alpha value is -3.95. The van der Waals surface area contributed by atoms with Crippen LogP contribution in [0.2, 0.25) is 0 Å². The van der Waals surface area contributed by atoms with E-state index >= 15 is 0 Å². The second kappa shape index (κ2) is 7.55. The lowest BCUT2D eigenvalue weighted by Gasteiger charge is -2.04. The maximum atomic E-state index is 11.7. The summed E-state index contributed by atoms with van der Waals surface area (Å²) in [5.74, 6) is -2.37. The Morgan fingerprint density at radius 2 is 1.76 bits per heavy atom. The van der Waals surface area contributed by atoms with Crippen LogP contribution < -0.4 is 10.7 Å². The molecule has 0 spiro atoms. The zero-order valence-electron chi connectivity index (χ0n) is 12.5. The fraction of sp³-hybridized carbons (Fsp3) is 0. The number of hydrogen-bond donors (Lipinski definition) is 4. The third kappa shape index (κ3) is 4.76. The molecule has 0 aliphatic rings. The number of amides is 2. The van der Waals surface area contributed by atoms with Crippen LogP contribution in [0.4, 0.5) is 11.4 Å². The van der Waals surface area contributed by atoms with Crippen molar-refractivity contribution in [3.8, 4) is 11.5 Å². The van der Waals surface area contributed by atoms with Crippen molar-refractivity contribution < 1.29 is 24.7 Å². The highest BCUT2D eigenvalue weighted by Gasteiger charge is 2.13. The van der Waals surface area contributed by atoms with Gasteiger partial charge in [0.2, 0.25) is 0 Å². The number of nitro benzene ring substituents is 1. The molecular weight excluding hydrogens is 332 g/mol. The van der Waals surface area contributed by atoms with Gasteiger partial charge in [-0.2, -0.15) is 5.10 Å². The van der Waals surface area contributed by atoms with E-state index in [2.05, 4.69) is 10.4 Å². The van der Waals surface area contributed by atoms with Crippen LogP contribution in [0.5, 0.6) is 11.5 Å². The van der Waals surface area contributed by atoms with Crippen LogP contribution in [-0.4, -0.2) is 33.2 Å². The highest BCUT2D eigenvalue weighted by Crippen LogP contribution is 2.21. The van der Waals surface area contributed by atoms with Gasteiger partial charge in [0.05, 0.1) is 11.1 Å². The lowest BCUT2D eigenvalue weighted by Crippen LogP contribution is -2.32. The summed E-state index contributed by atoms with van der Waals surface area (Å²) in [7, 11) is 0. The highest BCUT2D eigenvalue weighted by molar-refractivity contribution is 6.39. The summed E-state index contributed by atoms with van der Waals surface area (Å²) in [5, 5.41) is 35.1. The maximum absolute atomic E-state index is 11.7. The number of hydrazone groups is 1. The average molecular weight is 344 g/mol. The zero-order chi connectivity index (χ0) is 18.4. The van der Waals surface area contributed by atoms with Crippen LogP contribution in [0.15, 0.2) is 47.6 Å². The predicted molar refractivity (Wildman–Crippen MR) is 87.2 cm³/mol. The number of nitro groups is 1. The number of carbonyl (C=O) groups is 2. The Bertz CT molecular complexity index is 848. The van der Waals surface area contributed by atoms with Gasteiger partial charge in [0.15, 0.2) is 0 Å². The number of anilines is 1. The number of carbonyl (C=O) groups excluding carboxylic acids is 2. The standard InChI is InChI=1S/C15H12N4O6/c20-12-4-1-10(2-5-12)17-14(22)15(23)18-16-8-9-7-11(19(24)25)3-6-13(9)21/h1-8,20-21H,(H,17,22)(H,18,23)/b16-8+. The SMILES string of the molecule is O=C(N/N=C/c1cc([N+](=O)[O-])ccc1O)C(=O)Nc1ccc(O)cc1. The molecule has 0 fully saturated rings. The normalized spacial score (nSPS) is 10.4. The lowest BCUT2D eigenvalue weighted by molar-refractivity contribution is -0.384. The van der Waals surface area contributed by atoms with E-state index in [1.54, 1.807) is 0 Å². The van der Waals surface area contributed by atoms with Gasteiger partial charge < -0.3 is 15.5 Å². The molecule has 0 unspecified atom stereocenters. The lowest BCUT2D eigenvalue weighted by atomic mass is 10.2. The average Bonchev–Trinajstić information content (AvgIpc) is 2.58. The molecule has 0 aromatic heterocycles. The van der Waals surface area contributed by atoms with E-state index < -0.39 is 16.7 Å². The summed E-state index contributed by atoms with van der Waals surface area (Å²) >= 11 is 0. The van der Waals surface area contributed by atoms with Crippen LogP contribution in [-0.2, 0) is 9.59 Å². The molecule has 0 radical (unpaired) electrons. The summed E-state index contributed by atoms with van der Waals surface area (Å²) in [5.41, 5.74) is 1.94. The summed E-state index contributed by atoms with van der Waals surface area (Å²) < 4.78 is 0. The number of phenols is 2. The highest BCUT2D eigenvalue weighted by atomic mass is 16.6. The van der Waals surface area contributed by atoms with Crippen molar-refractivity contribution in [1.82, 2.24) is 5.43 Å². The Morgan fingerprint density at radius 1 is 1.08 bits per heavy atom. The van der Waals surface area contributed by atoms with E-state index in [1.165, 1.54) is 24.3 Å². The Kier molecular flexibility index (Phi) is 5.25. The van der Waals surface area contributed by atoms with Crippen molar-refractivity contribution >= 4 is 29.4 Å². The van der Waals surface area contributed by atoms with Crippen molar-refractivity contribution in [2.45, 2.75) is 0 Å². The smallest absolute Gasteiger partial charge is 0.329 e. The van der Waals surface area contributed by atoms with Gasteiger partial charge in [-0.05, 0) is 30.3 Å². The molecule has 0 saturated heterocycles. The van der Waals surface area contributed by atoms with Gasteiger partial charge in [-0.15, -0.1) is 0 Å². The molecule has 2 aromatic carbocycles. The third-order valence-corrected chi connectivity index (χ3v) is 2.92. The number of phenolic OH excluding ortho intramolecular Hbond substituents is 2. The summed E-state index contributed by atoms with van der Waals surface area (Å²) in [6.45, 7) is 0. The first-order valence-corrected chi connectivity index (χ1v) is 6.77. The van der Waals surface area contributed by atoms with Gasteiger partial charge in [-0.25, -0.2) is 5.43 Å². The van der Waals surface area contributed by atoms with E-state index in [0.29, 0.717) is 5.69 Å². The topological polar surface area (TPSA) is 154 Å². The molecule has 0 heterocycles. The van der Waals surface area contributed by atoms with E-state index in [1.807, 2.05) is 5.43 Å².